The van der Waals surface area contributed by atoms with Gasteiger partial charge >= 0.3 is 12.1 Å². The number of benzene rings is 1. The minimum absolute atomic E-state index is 0.148. The van der Waals surface area contributed by atoms with E-state index in [9.17, 15) is 9.59 Å². The summed E-state index contributed by atoms with van der Waals surface area (Å²) in [5, 5.41) is 2.64. The highest BCUT2D eigenvalue weighted by Crippen LogP contribution is 2.07. The third kappa shape index (κ3) is 41.5. The van der Waals surface area contributed by atoms with Gasteiger partial charge in [0.05, 0.1) is 145 Å². The van der Waals surface area contributed by atoms with Gasteiger partial charge in [-0.2, -0.15) is 0 Å². The zero-order chi connectivity index (χ0) is 40.8. The highest BCUT2D eigenvalue weighted by Gasteiger charge is 2.04. The van der Waals surface area contributed by atoms with Crippen molar-refractivity contribution in [2.24, 2.45) is 0 Å². The molecule has 0 heterocycles. The van der Waals surface area contributed by atoms with Crippen LogP contribution >= 0.6 is 0 Å². The molecule has 0 radical (unpaired) electrons. The molecule has 1 amide bonds. The largest absolute Gasteiger partial charge is 0.463 e. The molecule has 332 valence electrons. The molecule has 1 rings (SSSR count). The third-order valence-electron chi connectivity index (χ3n) is 7.67. The number of ether oxygens (including phenoxy) is 13. The first-order valence-corrected chi connectivity index (χ1v) is 20.7. The number of hydrogen-bond donors (Lipinski definition) is 1. The summed E-state index contributed by atoms with van der Waals surface area (Å²) in [6, 6.07) is 9.50. The molecule has 1 N–H and O–H groups in total. The van der Waals surface area contributed by atoms with Crippen LogP contribution in [0, 0.1) is 0 Å². The molecule has 0 atom stereocenters. The second kappa shape index (κ2) is 44.6. The Balaban J connectivity index is 1.63. The minimum Gasteiger partial charge on any atom is -0.463 e. The first-order chi connectivity index (χ1) is 28.2. The maximum Gasteiger partial charge on any atom is 0.407 e. The van der Waals surface area contributed by atoms with Crippen molar-refractivity contribution in [3.63, 3.8) is 0 Å². The van der Waals surface area contributed by atoms with Crippen molar-refractivity contribution < 1.29 is 71.2 Å². The maximum atomic E-state index is 11.7. The van der Waals surface area contributed by atoms with Crippen molar-refractivity contribution in [3.05, 3.63) is 35.9 Å². The van der Waals surface area contributed by atoms with E-state index < -0.39 is 6.09 Å². The van der Waals surface area contributed by atoms with Crippen molar-refractivity contribution in [1.82, 2.24) is 5.32 Å². The van der Waals surface area contributed by atoms with Gasteiger partial charge in [-0.05, 0) is 12.0 Å². The SMILES string of the molecule is CCCCCCCCC(=O)OCCOCCOCCOCCOCCOCCOCCOCCOCCOCCOCCOCCNC(=O)OCc1ccccc1. The van der Waals surface area contributed by atoms with Crippen molar-refractivity contribution in [3.8, 4) is 0 Å². The van der Waals surface area contributed by atoms with Gasteiger partial charge in [0.15, 0.2) is 0 Å². The van der Waals surface area contributed by atoms with E-state index in [0.717, 1.165) is 18.4 Å². The van der Waals surface area contributed by atoms with Crippen LogP contribution in [0.4, 0.5) is 4.79 Å². The summed E-state index contributed by atoms with van der Waals surface area (Å²) < 4.78 is 70.5. The molecule has 0 aliphatic heterocycles. The summed E-state index contributed by atoms with van der Waals surface area (Å²) in [5.74, 6) is -0.148. The number of amides is 1. The van der Waals surface area contributed by atoms with Gasteiger partial charge in [-0.3, -0.25) is 4.79 Å². The highest BCUT2D eigenvalue weighted by molar-refractivity contribution is 5.69. The first kappa shape index (κ1) is 52.5. The minimum atomic E-state index is -0.472. The van der Waals surface area contributed by atoms with Crippen LogP contribution in [0.3, 0.4) is 0 Å². The lowest BCUT2D eigenvalue weighted by Crippen LogP contribution is -2.28. The third-order valence-corrected chi connectivity index (χ3v) is 7.67. The number of unbranched alkanes of at least 4 members (excludes halogenated alkanes) is 5. The molecule has 57 heavy (non-hydrogen) atoms. The molecule has 1 aromatic rings. The van der Waals surface area contributed by atoms with Crippen LogP contribution in [0.25, 0.3) is 0 Å². The van der Waals surface area contributed by atoms with Crippen LogP contribution in [0.5, 0.6) is 0 Å². The number of carbonyl (C=O) groups is 2. The Hall–Kier alpha value is -2.48. The molecule has 0 saturated heterocycles. The van der Waals surface area contributed by atoms with Crippen LogP contribution < -0.4 is 5.32 Å². The molecule has 0 aromatic heterocycles. The molecule has 0 aliphatic rings. The van der Waals surface area contributed by atoms with Gasteiger partial charge in [-0.15, -0.1) is 0 Å². The fraction of sp³-hybridized carbons (Fsp3) is 0.805. The fourth-order valence-corrected chi connectivity index (χ4v) is 4.64. The van der Waals surface area contributed by atoms with Crippen LogP contribution in [0.15, 0.2) is 30.3 Å². The van der Waals surface area contributed by atoms with E-state index in [1.807, 2.05) is 30.3 Å². The molecule has 0 saturated carbocycles. The molecular weight excluding hydrogens is 746 g/mol. The Morgan fingerprint density at radius 3 is 1.18 bits per heavy atom. The Morgan fingerprint density at radius 2 is 0.772 bits per heavy atom. The van der Waals surface area contributed by atoms with Crippen LogP contribution in [0.1, 0.15) is 57.4 Å². The van der Waals surface area contributed by atoms with E-state index >= 15 is 0 Å². The van der Waals surface area contributed by atoms with Crippen molar-refractivity contribution in [1.29, 1.82) is 0 Å². The van der Waals surface area contributed by atoms with E-state index in [1.54, 1.807) is 0 Å². The van der Waals surface area contributed by atoms with Gasteiger partial charge in [-0.25, -0.2) is 4.79 Å². The summed E-state index contributed by atoms with van der Waals surface area (Å²) in [5.41, 5.74) is 0.935. The summed E-state index contributed by atoms with van der Waals surface area (Å²) in [6.45, 7) is 13.3. The molecule has 0 bridgehead atoms. The van der Waals surface area contributed by atoms with E-state index in [0.29, 0.717) is 158 Å². The van der Waals surface area contributed by atoms with Crippen LogP contribution in [-0.2, 0) is 73.0 Å². The second-order valence-corrected chi connectivity index (χ2v) is 12.5. The van der Waals surface area contributed by atoms with Crippen LogP contribution in [0.2, 0.25) is 0 Å². The number of alkyl carbamates (subject to hydrolysis) is 1. The Labute approximate surface area is 341 Å². The average Bonchev–Trinajstić information content (AvgIpc) is 3.22. The highest BCUT2D eigenvalue weighted by atomic mass is 16.6. The molecular formula is C41H73NO15. The Morgan fingerprint density at radius 1 is 0.421 bits per heavy atom. The zero-order valence-electron chi connectivity index (χ0n) is 34.6. The van der Waals surface area contributed by atoms with Crippen molar-refractivity contribution in [2.45, 2.75) is 58.5 Å². The van der Waals surface area contributed by atoms with Gasteiger partial charge in [0.2, 0.25) is 0 Å². The first-order valence-electron chi connectivity index (χ1n) is 20.7. The summed E-state index contributed by atoms with van der Waals surface area (Å²) in [6.07, 6.45) is 6.92. The van der Waals surface area contributed by atoms with Crippen molar-refractivity contribution >= 4 is 12.1 Å². The van der Waals surface area contributed by atoms with E-state index in [4.69, 9.17) is 61.6 Å². The van der Waals surface area contributed by atoms with Gasteiger partial charge in [0.1, 0.15) is 13.2 Å². The normalized spacial score (nSPS) is 11.2. The predicted molar refractivity (Wildman–Crippen MR) is 213 cm³/mol. The summed E-state index contributed by atoms with van der Waals surface area (Å²) in [7, 11) is 0. The lowest BCUT2D eigenvalue weighted by molar-refractivity contribution is -0.145. The van der Waals surface area contributed by atoms with Gasteiger partial charge < -0.3 is 66.9 Å². The Kier molecular flexibility index (Phi) is 41.1. The summed E-state index contributed by atoms with van der Waals surface area (Å²) in [4.78, 5) is 23.3. The van der Waals surface area contributed by atoms with Crippen molar-refractivity contribution in [2.75, 3.05) is 159 Å². The topological polar surface area (TPSA) is 166 Å². The smallest absolute Gasteiger partial charge is 0.407 e. The quantitative estimate of drug-likeness (QED) is 0.0727. The fourth-order valence-electron chi connectivity index (χ4n) is 4.64. The standard InChI is InChI=1S/C41H73NO15/c1-2-3-4-5-6-10-13-40(43)56-37-36-55-35-34-54-33-32-53-31-30-52-29-28-51-27-26-50-25-24-49-23-22-48-21-20-47-19-18-46-17-16-45-15-14-42-41(44)57-38-39-11-8-7-9-12-39/h7-9,11-12H,2-6,10,13-38H2,1H3,(H,42,44). The average molecular weight is 820 g/mol. The van der Waals surface area contributed by atoms with Gasteiger partial charge in [0.25, 0.3) is 0 Å². The molecule has 0 fully saturated rings. The number of esters is 1. The number of rotatable bonds is 45. The predicted octanol–water partition coefficient (Wildman–Crippen LogP) is 4.39. The Bertz CT molecular complexity index is 979. The van der Waals surface area contributed by atoms with E-state index in [1.165, 1.54) is 25.7 Å². The van der Waals surface area contributed by atoms with Crippen LogP contribution in [-0.4, -0.2) is 171 Å². The number of hydrogen-bond acceptors (Lipinski definition) is 15. The monoisotopic (exact) mass is 819 g/mol. The molecule has 0 spiro atoms. The van der Waals surface area contributed by atoms with Gasteiger partial charge in [0, 0.05) is 13.0 Å². The lowest BCUT2D eigenvalue weighted by Gasteiger charge is -2.09. The van der Waals surface area contributed by atoms with E-state index in [2.05, 4.69) is 12.2 Å². The van der Waals surface area contributed by atoms with E-state index in [-0.39, 0.29) is 19.2 Å². The molecule has 0 aliphatic carbocycles. The number of nitrogens with one attached hydrogen (secondary N) is 1. The molecule has 16 heteroatoms. The molecule has 1 aromatic carbocycles. The molecule has 0 unspecified atom stereocenters. The summed E-state index contributed by atoms with van der Waals surface area (Å²) >= 11 is 0. The molecule has 16 nitrogen and oxygen atoms in total. The van der Waals surface area contributed by atoms with Gasteiger partial charge in [-0.1, -0.05) is 69.4 Å². The second-order valence-electron chi connectivity index (χ2n) is 12.5. The zero-order valence-corrected chi connectivity index (χ0v) is 34.6. The number of carbonyl (C=O) groups excluding carboxylic acids is 2. The maximum absolute atomic E-state index is 11.7. The lowest BCUT2D eigenvalue weighted by atomic mass is 10.1.